The van der Waals surface area contributed by atoms with Crippen LogP contribution >= 0.6 is 0 Å². The molecular weight excluding hydrogens is 344 g/mol. The molecule has 0 aliphatic rings. The molecule has 2 aromatic heterocycles. The third-order valence-electron chi connectivity index (χ3n) is 3.76. The summed E-state index contributed by atoms with van der Waals surface area (Å²) in [5.41, 5.74) is 4.92. The largest absolute Gasteiger partial charge is 0.504 e. The molecule has 0 aliphatic carbocycles. The molecule has 0 saturated heterocycles. The third-order valence-corrected chi connectivity index (χ3v) is 3.76. The predicted octanol–water partition coefficient (Wildman–Crippen LogP) is 2.29. The topological polar surface area (TPSA) is 105 Å². The Labute approximate surface area is 153 Å². The second-order valence-electron chi connectivity index (χ2n) is 5.63. The van der Waals surface area contributed by atoms with Gasteiger partial charge in [0.1, 0.15) is 5.69 Å². The van der Waals surface area contributed by atoms with Crippen LogP contribution in [0.5, 0.6) is 5.75 Å². The number of amides is 1. The molecule has 0 aliphatic heterocycles. The molecule has 0 radical (unpaired) electrons. The average molecular weight is 358 g/mol. The maximum Gasteiger partial charge on any atom is 0.295 e. The summed E-state index contributed by atoms with van der Waals surface area (Å²) in [7, 11) is 0. The lowest BCUT2D eigenvalue weighted by molar-refractivity contribution is 0.0947. The van der Waals surface area contributed by atoms with Crippen molar-refractivity contribution in [3.8, 4) is 11.4 Å². The Bertz CT molecular complexity index is 1140. The molecule has 27 heavy (non-hydrogen) atoms. The minimum Gasteiger partial charge on any atom is -0.504 e. The summed E-state index contributed by atoms with van der Waals surface area (Å²) < 4.78 is 1.42. The zero-order chi connectivity index (χ0) is 18.6. The van der Waals surface area contributed by atoms with E-state index in [9.17, 15) is 9.90 Å². The highest BCUT2D eigenvalue weighted by Gasteiger charge is 2.16. The van der Waals surface area contributed by atoms with E-state index in [1.807, 2.05) is 54.6 Å². The normalized spacial score (nSPS) is 11.1. The van der Waals surface area contributed by atoms with Crippen LogP contribution in [0, 0.1) is 0 Å². The van der Waals surface area contributed by atoms with E-state index < -0.39 is 5.91 Å². The first-order chi connectivity index (χ1) is 13.2. The molecule has 4 rings (SSSR count). The highest BCUT2D eigenvalue weighted by molar-refractivity contribution is 5.95. The first-order valence-corrected chi connectivity index (χ1v) is 8.10. The summed E-state index contributed by atoms with van der Waals surface area (Å²) in [4.78, 5) is 20.9. The Morgan fingerprint density at radius 1 is 1.07 bits per heavy atom. The zero-order valence-corrected chi connectivity index (χ0v) is 14.0. The van der Waals surface area contributed by atoms with Crippen molar-refractivity contribution in [1.82, 2.24) is 25.2 Å². The molecule has 4 aromatic rings. The molecule has 0 spiro atoms. The zero-order valence-electron chi connectivity index (χ0n) is 14.0. The summed E-state index contributed by atoms with van der Waals surface area (Å²) in [5, 5.41) is 17.9. The number of aromatic hydroxyl groups is 1. The van der Waals surface area contributed by atoms with E-state index in [1.165, 1.54) is 17.1 Å². The second kappa shape index (κ2) is 7.04. The van der Waals surface area contributed by atoms with Crippen LogP contribution in [0.1, 0.15) is 16.2 Å². The fourth-order valence-corrected chi connectivity index (χ4v) is 2.48. The van der Waals surface area contributed by atoms with Gasteiger partial charge >= 0.3 is 0 Å². The number of nitrogens with zero attached hydrogens (tertiary/aromatic N) is 5. The van der Waals surface area contributed by atoms with E-state index in [2.05, 4.69) is 25.6 Å². The Kier molecular flexibility index (Phi) is 4.28. The van der Waals surface area contributed by atoms with Crippen molar-refractivity contribution in [1.29, 1.82) is 0 Å². The van der Waals surface area contributed by atoms with Gasteiger partial charge in [0.15, 0.2) is 11.4 Å². The molecule has 132 valence electrons. The van der Waals surface area contributed by atoms with Crippen LogP contribution in [0.15, 0.2) is 72.1 Å². The van der Waals surface area contributed by atoms with Crippen molar-refractivity contribution in [2.75, 3.05) is 0 Å². The monoisotopic (exact) mass is 358 g/mol. The second-order valence-corrected chi connectivity index (χ2v) is 5.63. The van der Waals surface area contributed by atoms with E-state index in [4.69, 9.17) is 0 Å². The molecule has 0 bridgehead atoms. The summed E-state index contributed by atoms with van der Waals surface area (Å²) >= 11 is 0. The van der Waals surface area contributed by atoms with Crippen LogP contribution in [0.2, 0.25) is 0 Å². The van der Waals surface area contributed by atoms with E-state index in [-0.39, 0.29) is 11.4 Å². The Morgan fingerprint density at radius 3 is 2.63 bits per heavy atom. The van der Waals surface area contributed by atoms with Gasteiger partial charge in [0, 0.05) is 0 Å². The molecular formula is C19H14N6O2. The summed E-state index contributed by atoms with van der Waals surface area (Å²) in [5.74, 6) is -0.871. The number of para-hydroxylation sites is 3. The standard InChI is InChI=1S/C19H14N6O2/c26-17-12-25(14-6-2-1-3-7-14)24-18(17)19(27)23-21-11-13-10-20-15-8-4-5-9-16(15)22-13/h1-12,26H,(H,23,27)/b21-11-. The van der Waals surface area contributed by atoms with Gasteiger partial charge in [0.25, 0.3) is 5.91 Å². The number of rotatable bonds is 4. The lowest BCUT2D eigenvalue weighted by atomic mass is 10.3. The molecule has 1 amide bonds. The number of carbonyl (C=O) groups excluding carboxylic acids is 1. The maximum atomic E-state index is 12.2. The van der Waals surface area contributed by atoms with Gasteiger partial charge in [-0.1, -0.05) is 30.3 Å². The van der Waals surface area contributed by atoms with Gasteiger partial charge in [-0.15, -0.1) is 0 Å². The van der Waals surface area contributed by atoms with Crippen molar-refractivity contribution in [3.63, 3.8) is 0 Å². The Morgan fingerprint density at radius 2 is 1.81 bits per heavy atom. The minimum atomic E-state index is -0.632. The molecule has 0 atom stereocenters. The van der Waals surface area contributed by atoms with Crippen LogP contribution in [-0.2, 0) is 0 Å². The van der Waals surface area contributed by atoms with Gasteiger partial charge in [-0.05, 0) is 24.3 Å². The number of hydrogen-bond acceptors (Lipinski definition) is 6. The number of hydrogen-bond donors (Lipinski definition) is 2. The molecule has 2 aromatic carbocycles. The number of aromatic nitrogens is 4. The quantitative estimate of drug-likeness (QED) is 0.430. The number of hydrazone groups is 1. The van der Waals surface area contributed by atoms with Gasteiger partial charge in [-0.3, -0.25) is 9.78 Å². The van der Waals surface area contributed by atoms with Crippen molar-refractivity contribution in [2.24, 2.45) is 5.10 Å². The highest BCUT2D eigenvalue weighted by atomic mass is 16.3. The molecule has 8 nitrogen and oxygen atoms in total. The van der Waals surface area contributed by atoms with Gasteiger partial charge in [0.05, 0.1) is 35.3 Å². The van der Waals surface area contributed by atoms with Crippen LogP contribution in [0.3, 0.4) is 0 Å². The van der Waals surface area contributed by atoms with Crippen LogP contribution < -0.4 is 5.43 Å². The molecule has 2 heterocycles. The number of nitrogens with one attached hydrogen (secondary N) is 1. The van der Waals surface area contributed by atoms with E-state index in [0.29, 0.717) is 5.69 Å². The summed E-state index contributed by atoms with van der Waals surface area (Å²) in [6.45, 7) is 0. The first-order valence-electron chi connectivity index (χ1n) is 8.10. The number of benzene rings is 2. The highest BCUT2D eigenvalue weighted by Crippen LogP contribution is 2.17. The molecule has 0 unspecified atom stereocenters. The van der Waals surface area contributed by atoms with Crippen molar-refractivity contribution in [2.45, 2.75) is 0 Å². The lowest BCUT2D eigenvalue weighted by Gasteiger charge is -1.99. The predicted molar refractivity (Wildman–Crippen MR) is 99.8 cm³/mol. The summed E-state index contributed by atoms with van der Waals surface area (Å²) in [6.07, 6.45) is 4.30. The van der Waals surface area contributed by atoms with Gasteiger partial charge in [-0.25, -0.2) is 15.1 Å². The Balaban J connectivity index is 1.49. The number of fused-ring (bicyclic) bond motifs is 1. The maximum absolute atomic E-state index is 12.2. The van der Waals surface area contributed by atoms with Crippen LogP contribution in [-0.4, -0.2) is 37.0 Å². The molecule has 2 N–H and O–H groups in total. The third kappa shape index (κ3) is 3.49. The van der Waals surface area contributed by atoms with Crippen LogP contribution in [0.4, 0.5) is 0 Å². The molecule has 0 fully saturated rings. The summed E-state index contributed by atoms with van der Waals surface area (Å²) in [6, 6.07) is 16.6. The molecule has 0 saturated carbocycles. The number of carbonyl (C=O) groups is 1. The smallest absolute Gasteiger partial charge is 0.295 e. The van der Waals surface area contributed by atoms with Crippen LogP contribution in [0.25, 0.3) is 16.7 Å². The Hall–Kier alpha value is -4.07. The van der Waals surface area contributed by atoms with Crippen molar-refractivity contribution in [3.05, 3.63) is 78.4 Å². The van der Waals surface area contributed by atoms with Gasteiger partial charge < -0.3 is 5.11 Å². The van der Waals surface area contributed by atoms with Gasteiger partial charge in [0.2, 0.25) is 0 Å². The van der Waals surface area contributed by atoms with E-state index in [0.717, 1.165) is 16.7 Å². The first kappa shape index (κ1) is 16.4. The minimum absolute atomic E-state index is 0.124. The van der Waals surface area contributed by atoms with Crippen molar-refractivity contribution < 1.29 is 9.90 Å². The fraction of sp³-hybridized carbons (Fsp3) is 0. The lowest BCUT2D eigenvalue weighted by Crippen LogP contribution is -2.18. The van der Waals surface area contributed by atoms with E-state index in [1.54, 1.807) is 6.20 Å². The average Bonchev–Trinajstić information content (AvgIpc) is 3.10. The SMILES string of the molecule is O=C(N/N=C\c1cnc2ccccc2n1)c1nn(-c2ccccc2)cc1O. The van der Waals surface area contributed by atoms with Gasteiger partial charge in [-0.2, -0.15) is 10.2 Å². The fourth-order valence-electron chi connectivity index (χ4n) is 2.48. The molecule has 8 heteroatoms. The van der Waals surface area contributed by atoms with E-state index >= 15 is 0 Å². The van der Waals surface area contributed by atoms with Crippen molar-refractivity contribution >= 4 is 23.2 Å².